The van der Waals surface area contributed by atoms with Crippen LogP contribution in [-0.2, 0) is 21.4 Å². The van der Waals surface area contributed by atoms with Gasteiger partial charge in [0.1, 0.15) is 5.82 Å². The Bertz CT molecular complexity index is 1330. The van der Waals surface area contributed by atoms with Crippen LogP contribution >= 0.6 is 11.8 Å². The molecule has 186 valence electrons. The lowest BCUT2D eigenvalue weighted by molar-refractivity contribution is -0.116. The summed E-state index contributed by atoms with van der Waals surface area (Å²) in [6.07, 6.45) is 0.144. The SMILES string of the molecule is CCN(CC)S(=O)(=O)c1ccc2c(c1)nc(SCC(=O)N(CCC#N)c1ccc(F)cc1)n2CC. The molecule has 0 bridgehead atoms. The van der Waals surface area contributed by atoms with Gasteiger partial charge in [0.15, 0.2) is 5.16 Å². The van der Waals surface area contributed by atoms with Crippen molar-refractivity contribution in [2.45, 2.75) is 43.8 Å². The fourth-order valence-corrected chi connectivity index (χ4v) is 6.19. The summed E-state index contributed by atoms with van der Waals surface area (Å²) in [6, 6.07) is 12.5. The van der Waals surface area contributed by atoms with E-state index in [0.717, 1.165) is 5.52 Å². The van der Waals surface area contributed by atoms with Gasteiger partial charge in [-0.15, -0.1) is 0 Å². The van der Waals surface area contributed by atoms with E-state index < -0.39 is 15.8 Å². The predicted molar refractivity (Wildman–Crippen MR) is 135 cm³/mol. The third-order valence-corrected chi connectivity index (χ3v) is 8.56. The maximum atomic E-state index is 13.3. The number of benzene rings is 2. The number of hydrogen-bond donors (Lipinski definition) is 0. The molecule has 1 aromatic heterocycles. The van der Waals surface area contributed by atoms with Crippen LogP contribution in [0.1, 0.15) is 27.2 Å². The number of nitrogens with zero attached hydrogens (tertiary/aromatic N) is 5. The van der Waals surface area contributed by atoms with Gasteiger partial charge in [-0.2, -0.15) is 9.57 Å². The average molecular weight is 518 g/mol. The first-order valence-electron chi connectivity index (χ1n) is 11.3. The van der Waals surface area contributed by atoms with E-state index in [2.05, 4.69) is 4.98 Å². The van der Waals surface area contributed by atoms with Gasteiger partial charge in [0.05, 0.1) is 34.2 Å². The van der Waals surface area contributed by atoms with Gasteiger partial charge in [-0.05, 0) is 49.4 Å². The fourth-order valence-electron chi connectivity index (χ4n) is 3.76. The van der Waals surface area contributed by atoms with Crippen molar-refractivity contribution in [2.24, 2.45) is 0 Å². The van der Waals surface area contributed by atoms with Crippen molar-refractivity contribution in [3.8, 4) is 6.07 Å². The second-order valence-corrected chi connectivity index (χ2v) is 10.5. The van der Waals surface area contributed by atoms with Crippen LogP contribution in [0.4, 0.5) is 10.1 Å². The summed E-state index contributed by atoms with van der Waals surface area (Å²) in [4.78, 5) is 19.3. The average Bonchev–Trinajstić information content (AvgIpc) is 3.21. The maximum absolute atomic E-state index is 13.3. The first-order chi connectivity index (χ1) is 16.8. The van der Waals surface area contributed by atoms with Gasteiger partial charge in [-0.3, -0.25) is 4.79 Å². The second kappa shape index (κ2) is 11.7. The minimum atomic E-state index is -3.62. The van der Waals surface area contributed by atoms with E-state index in [1.807, 2.05) is 17.6 Å². The normalized spacial score (nSPS) is 11.7. The number of aryl methyl sites for hydroxylation is 1. The van der Waals surface area contributed by atoms with E-state index in [9.17, 15) is 17.6 Å². The van der Waals surface area contributed by atoms with E-state index in [1.165, 1.54) is 45.2 Å². The number of carbonyl (C=O) groups is 1. The molecule has 0 aliphatic heterocycles. The third kappa shape index (κ3) is 5.83. The van der Waals surface area contributed by atoms with Gasteiger partial charge in [0.25, 0.3) is 0 Å². The van der Waals surface area contributed by atoms with Crippen LogP contribution in [0.25, 0.3) is 11.0 Å². The molecule has 0 saturated heterocycles. The minimum absolute atomic E-state index is 0.0523. The van der Waals surface area contributed by atoms with Crippen molar-refractivity contribution in [3.63, 3.8) is 0 Å². The second-order valence-electron chi connectivity index (χ2n) is 7.60. The molecule has 0 radical (unpaired) electrons. The topological polar surface area (TPSA) is 99.3 Å². The number of rotatable bonds is 11. The molecule has 0 spiro atoms. The monoisotopic (exact) mass is 517 g/mol. The molecule has 3 rings (SSSR count). The largest absolute Gasteiger partial charge is 0.319 e. The van der Waals surface area contributed by atoms with Crippen LogP contribution in [-0.4, -0.2) is 53.6 Å². The minimum Gasteiger partial charge on any atom is -0.319 e. The molecule has 35 heavy (non-hydrogen) atoms. The molecule has 0 unspecified atom stereocenters. The lowest BCUT2D eigenvalue weighted by Crippen LogP contribution is -2.33. The Morgan fingerprint density at radius 2 is 1.83 bits per heavy atom. The van der Waals surface area contributed by atoms with Crippen LogP contribution in [0.5, 0.6) is 0 Å². The number of imidazole rings is 1. The van der Waals surface area contributed by atoms with Crippen LogP contribution in [0.2, 0.25) is 0 Å². The van der Waals surface area contributed by atoms with Gasteiger partial charge in [-0.25, -0.2) is 17.8 Å². The molecule has 11 heteroatoms. The highest BCUT2D eigenvalue weighted by atomic mass is 32.2. The summed E-state index contributed by atoms with van der Waals surface area (Å²) in [7, 11) is -3.62. The molecule has 0 N–H and O–H groups in total. The molecular formula is C24H28FN5O3S2. The number of aromatic nitrogens is 2. The summed E-state index contributed by atoms with van der Waals surface area (Å²) in [5.41, 5.74) is 1.83. The molecule has 3 aromatic rings. The number of nitriles is 1. The molecule has 8 nitrogen and oxygen atoms in total. The van der Waals surface area contributed by atoms with Gasteiger partial charge in [-0.1, -0.05) is 25.6 Å². The van der Waals surface area contributed by atoms with Gasteiger partial charge in [0.2, 0.25) is 15.9 Å². The van der Waals surface area contributed by atoms with Crippen LogP contribution in [0.15, 0.2) is 52.5 Å². The van der Waals surface area contributed by atoms with E-state index >= 15 is 0 Å². The molecule has 1 heterocycles. The van der Waals surface area contributed by atoms with Crippen molar-refractivity contribution in [2.75, 3.05) is 30.3 Å². The molecule has 0 saturated carbocycles. The van der Waals surface area contributed by atoms with Gasteiger partial charge >= 0.3 is 0 Å². The zero-order chi connectivity index (χ0) is 25.6. The number of halogens is 1. The fraction of sp³-hybridized carbons (Fsp3) is 0.375. The quantitative estimate of drug-likeness (QED) is 0.352. The Balaban J connectivity index is 1.86. The van der Waals surface area contributed by atoms with Crippen molar-refractivity contribution in [3.05, 3.63) is 48.3 Å². The standard InChI is InChI=1S/C24H28FN5O3S2/c1-4-28(5-2)35(32,33)20-12-13-22-21(16-20)27-24(29(22)6-3)34-17-23(31)30(15-7-14-26)19-10-8-18(25)9-11-19/h8-13,16H,4-7,15,17H2,1-3H3. The maximum Gasteiger partial charge on any atom is 0.243 e. The molecule has 0 aliphatic rings. The van der Waals surface area contributed by atoms with Crippen molar-refractivity contribution in [1.82, 2.24) is 13.9 Å². The smallest absolute Gasteiger partial charge is 0.243 e. The van der Waals surface area contributed by atoms with E-state index in [4.69, 9.17) is 5.26 Å². The molecule has 0 atom stereocenters. The summed E-state index contributed by atoms with van der Waals surface area (Å²) < 4.78 is 42.5. The predicted octanol–water partition coefficient (Wildman–Crippen LogP) is 4.26. The molecule has 0 aliphatic carbocycles. The highest BCUT2D eigenvalue weighted by Gasteiger charge is 2.23. The lowest BCUT2D eigenvalue weighted by atomic mass is 10.2. The number of amides is 1. The molecule has 2 aromatic carbocycles. The van der Waals surface area contributed by atoms with Crippen molar-refractivity contribution in [1.29, 1.82) is 5.26 Å². The summed E-state index contributed by atoms with van der Waals surface area (Å²) in [5.74, 6) is -0.595. The van der Waals surface area contributed by atoms with Crippen LogP contribution in [0, 0.1) is 17.1 Å². The Morgan fingerprint density at radius 3 is 2.43 bits per heavy atom. The first kappa shape index (κ1) is 26.7. The Kier molecular flexibility index (Phi) is 8.88. The van der Waals surface area contributed by atoms with Crippen molar-refractivity contribution >= 4 is 44.4 Å². The summed E-state index contributed by atoms with van der Waals surface area (Å²) in [5, 5.41) is 9.57. The van der Waals surface area contributed by atoms with Crippen LogP contribution in [0.3, 0.4) is 0 Å². The lowest BCUT2D eigenvalue weighted by Gasteiger charge is -2.21. The Morgan fingerprint density at radius 1 is 1.14 bits per heavy atom. The molecule has 0 fully saturated rings. The van der Waals surface area contributed by atoms with E-state index in [-0.39, 0.29) is 29.5 Å². The third-order valence-electron chi connectivity index (χ3n) is 5.56. The first-order valence-corrected chi connectivity index (χ1v) is 13.7. The molecule has 1 amide bonds. The Hall–Kier alpha value is -2.94. The summed E-state index contributed by atoms with van der Waals surface area (Å²) >= 11 is 1.24. The summed E-state index contributed by atoms with van der Waals surface area (Å²) in [6.45, 7) is 7.07. The zero-order valence-electron chi connectivity index (χ0n) is 19.9. The number of fused-ring (bicyclic) bond motifs is 1. The van der Waals surface area contributed by atoms with Crippen molar-refractivity contribution < 1.29 is 17.6 Å². The number of sulfonamides is 1. The van der Waals surface area contributed by atoms with Gasteiger partial charge in [0, 0.05) is 31.9 Å². The highest BCUT2D eigenvalue weighted by molar-refractivity contribution is 7.99. The number of thioether (sulfide) groups is 1. The zero-order valence-corrected chi connectivity index (χ0v) is 21.6. The number of carbonyl (C=O) groups excluding carboxylic acids is 1. The van der Waals surface area contributed by atoms with E-state index in [0.29, 0.717) is 36.0 Å². The van der Waals surface area contributed by atoms with Crippen LogP contribution < -0.4 is 4.90 Å². The molecular weight excluding hydrogens is 489 g/mol. The highest BCUT2D eigenvalue weighted by Crippen LogP contribution is 2.28. The Labute approximate surface area is 209 Å². The van der Waals surface area contributed by atoms with Gasteiger partial charge < -0.3 is 9.47 Å². The van der Waals surface area contributed by atoms with E-state index in [1.54, 1.807) is 32.0 Å². The number of anilines is 1. The number of hydrogen-bond acceptors (Lipinski definition) is 6.